The molecular weight excluding hydrogens is 330 g/mol. The van der Waals surface area contributed by atoms with Gasteiger partial charge in [-0.25, -0.2) is 9.18 Å². The summed E-state index contributed by atoms with van der Waals surface area (Å²) < 4.78 is 50.7. The number of aromatic amines is 1. The zero-order valence-corrected chi connectivity index (χ0v) is 12.2. The van der Waals surface area contributed by atoms with Gasteiger partial charge in [-0.2, -0.15) is 13.2 Å². The van der Waals surface area contributed by atoms with E-state index in [1.54, 1.807) is 6.07 Å². The Bertz CT molecular complexity index is 787. The van der Waals surface area contributed by atoms with E-state index >= 15 is 0 Å². The van der Waals surface area contributed by atoms with E-state index in [2.05, 4.69) is 10.6 Å². The van der Waals surface area contributed by atoms with E-state index in [0.717, 1.165) is 0 Å². The van der Waals surface area contributed by atoms with Crippen molar-refractivity contribution < 1.29 is 22.4 Å². The molecule has 5 nitrogen and oxygen atoms in total. The molecule has 0 unspecified atom stereocenters. The van der Waals surface area contributed by atoms with Crippen LogP contribution in [0, 0.1) is 5.82 Å². The van der Waals surface area contributed by atoms with Gasteiger partial charge in [-0.1, -0.05) is 12.1 Å². The third kappa shape index (κ3) is 4.83. The summed E-state index contributed by atoms with van der Waals surface area (Å²) in [6, 6.07) is 5.48. The van der Waals surface area contributed by atoms with Crippen LogP contribution in [0.5, 0.6) is 0 Å². The minimum atomic E-state index is -4.64. The van der Waals surface area contributed by atoms with Gasteiger partial charge in [-0.3, -0.25) is 4.79 Å². The van der Waals surface area contributed by atoms with E-state index in [-0.39, 0.29) is 6.54 Å². The van der Waals surface area contributed by atoms with Crippen LogP contribution in [-0.4, -0.2) is 17.6 Å². The second-order valence-corrected chi connectivity index (χ2v) is 4.89. The molecule has 0 radical (unpaired) electrons. The van der Waals surface area contributed by atoms with Gasteiger partial charge in [0.25, 0.3) is 5.56 Å². The Kier molecular flexibility index (Phi) is 5.22. The van der Waals surface area contributed by atoms with Crippen LogP contribution in [0.4, 0.5) is 28.0 Å². The summed E-state index contributed by atoms with van der Waals surface area (Å²) in [4.78, 5) is 25.0. The fourth-order valence-electron chi connectivity index (χ4n) is 1.92. The molecule has 0 aliphatic rings. The summed E-state index contributed by atoms with van der Waals surface area (Å²) in [6.45, 7) is 0.117. The molecule has 24 heavy (non-hydrogen) atoms. The molecule has 128 valence electrons. The lowest BCUT2D eigenvalue weighted by Gasteiger charge is -2.10. The molecule has 2 rings (SSSR count). The zero-order valence-electron chi connectivity index (χ0n) is 12.2. The molecule has 9 heteroatoms. The molecule has 0 saturated heterocycles. The Morgan fingerprint density at radius 1 is 1.21 bits per heavy atom. The lowest BCUT2D eigenvalue weighted by molar-refractivity contribution is -0.137. The van der Waals surface area contributed by atoms with Gasteiger partial charge >= 0.3 is 12.2 Å². The van der Waals surface area contributed by atoms with Crippen molar-refractivity contribution in [2.45, 2.75) is 12.6 Å². The number of rotatable bonds is 4. The number of alkyl halides is 3. The Balaban J connectivity index is 1.94. The topological polar surface area (TPSA) is 74.0 Å². The second kappa shape index (κ2) is 7.16. The fraction of sp³-hybridized carbons (Fsp3) is 0.200. The molecule has 1 aromatic heterocycles. The predicted molar refractivity (Wildman–Crippen MR) is 79.2 cm³/mol. The van der Waals surface area contributed by atoms with Crippen LogP contribution >= 0.6 is 0 Å². The first-order valence-electron chi connectivity index (χ1n) is 6.85. The van der Waals surface area contributed by atoms with Gasteiger partial charge in [0, 0.05) is 12.7 Å². The van der Waals surface area contributed by atoms with Crippen LogP contribution in [0.3, 0.4) is 0 Å². The van der Waals surface area contributed by atoms with E-state index in [9.17, 15) is 27.2 Å². The maximum Gasteiger partial charge on any atom is 0.417 e. The summed E-state index contributed by atoms with van der Waals surface area (Å²) in [7, 11) is 0. The Morgan fingerprint density at radius 3 is 2.62 bits per heavy atom. The fourth-order valence-corrected chi connectivity index (χ4v) is 1.92. The number of nitrogens with one attached hydrogen (secondary N) is 3. The summed E-state index contributed by atoms with van der Waals surface area (Å²) in [5.74, 6) is -0.410. The standard InChI is InChI=1S/C15H13F4N3O2/c16-11-3-1-2-9(6-11)4-5-20-14(24)22-12-7-10(15(17,18)19)8-21-13(12)23/h1-3,6-8H,4-5H2,(H,21,23)(H2,20,22,24). The molecule has 1 aromatic carbocycles. The van der Waals surface area contributed by atoms with Gasteiger partial charge < -0.3 is 15.6 Å². The molecule has 0 aliphatic carbocycles. The van der Waals surface area contributed by atoms with Gasteiger partial charge in [0.2, 0.25) is 0 Å². The van der Waals surface area contributed by atoms with E-state index < -0.39 is 34.8 Å². The average molecular weight is 343 g/mol. The lowest BCUT2D eigenvalue weighted by Crippen LogP contribution is -2.32. The number of halogens is 4. The van der Waals surface area contributed by atoms with Crippen LogP contribution in [0.25, 0.3) is 0 Å². The normalized spacial score (nSPS) is 11.2. The number of carbonyl (C=O) groups is 1. The molecule has 3 N–H and O–H groups in total. The van der Waals surface area contributed by atoms with Gasteiger partial charge in [-0.15, -0.1) is 0 Å². The molecule has 0 saturated carbocycles. The van der Waals surface area contributed by atoms with Gasteiger partial charge in [-0.05, 0) is 30.2 Å². The summed E-state index contributed by atoms with van der Waals surface area (Å²) in [5.41, 5.74) is -1.82. The summed E-state index contributed by atoms with van der Waals surface area (Å²) in [6.07, 6.45) is -3.80. The number of urea groups is 1. The van der Waals surface area contributed by atoms with E-state index in [4.69, 9.17) is 0 Å². The number of hydrogen-bond donors (Lipinski definition) is 3. The third-order valence-corrected chi connectivity index (χ3v) is 3.07. The zero-order chi connectivity index (χ0) is 17.7. The van der Waals surface area contributed by atoms with Crippen molar-refractivity contribution in [3.63, 3.8) is 0 Å². The number of pyridine rings is 1. The van der Waals surface area contributed by atoms with E-state index in [0.29, 0.717) is 24.2 Å². The largest absolute Gasteiger partial charge is 0.417 e. The number of aromatic nitrogens is 1. The van der Waals surface area contributed by atoms with Gasteiger partial charge in [0.15, 0.2) is 0 Å². The average Bonchev–Trinajstić information content (AvgIpc) is 2.48. The first-order chi connectivity index (χ1) is 11.3. The summed E-state index contributed by atoms with van der Waals surface area (Å²) >= 11 is 0. The van der Waals surface area contributed by atoms with Crippen LogP contribution in [-0.2, 0) is 12.6 Å². The highest BCUT2D eigenvalue weighted by Crippen LogP contribution is 2.29. The smallest absolute Gasteiger partial charge is 0.338 e. The first-order valence-corrected chi connectivity index (χ1v) is 6.85. The molecule has 2 aromatic rings. The summed E-state index contributed by atoms with van der Waals surface area (Å²) in [5, 5.41) is 4.43. The molecule has 0 spiro atoms. The molecule has 0 atom stereocenters. The number of benzene rings is 1. The van der Waals surface area contributed by atoms with E-state index in [1.807, 2.05) is 4.98 Å². The number of anilines is 1. The SMILES string of the molecule is O=C(NCCc1cccc(F)c1)Nc1cc(C(F)(F)F)c[nH]c1=O. The monoisotopic (exact) mass is 343 g/mol. The highest BCUT2D eigenvalue weighted by atomic mass is 19.4. The molecule has 2 amide bonds. The third-order valence-electron chi connectivity index (χ3n) is 3.07. The molecular formula is C15H13F4N3O2. The minimum Gasteiger partial charge on any atom is -0.338 e. The van der Waals surface area contributed by atoms with Crippen LogP contribution < -0.4 is 16.2 Å². The van der Waals surface area contributed by atoms with Crippen molar-refractivity contribution >= 4 is 11.7 Å². The van der Waals surface area contributed by atoms with Crippen LogP contribution in [0.2, 0.25) is 0 Å². The van der Waals surface area contributed by atoms with Gasteiger partial charge in [0.1, 0.15) is 11.5 Å². The van der Waals surface area contributed by atoms with Crippen molar-refractivity contribution in [3.8, 4) is 0 Å². The predicted octanol–water partition coefficient (Wildman–Crippen LogP) is 2.90. The molecule has 0 bridgehead atoms. The Hall–Kier alpha value is -2.84. The van der Waals surface area contributed by atoms with E-state index in [1.165, 1.54) is 18.2 Å². The molecule has 1 heterocycles. The number of amides is 2. The first kappa shape index (κ1) is 17.5. The molecule has 0 aliphatic heterocycles. The number of hydrogen-bond acceptors (Lipinski definition) is 2. The number of carbonyl (C=O) groups excluding carboxylic acids is 1. The van der Waals surface area contributed by atoms with Crippen molar-refractivity contribution in [2.75, 3.05) is 11.9 Å². The minimum absolute atomic E-state index is 0.117. The molecule has 0 fully saturated rings. The lowest BCUT2D eigenvalue weighted by atomic mass is 10.1. The van der Waals surface area contributed by atoms with Crippen molar-refractivity contribution in [2.24, 2.45) is 0 Å². The second-order valence-electron chi connectivity index (χ2n) is 4.89. The van der Waals surface area contributed by atoms with Crippen LogP contribution in [0.1, 0.15) is 11.1 Å². The Labute approximate surface area is 133 Å². The number of H-pyrrole nitrogens is 1. The van der Waals surface area contributed by atoms with Crippen molar-refractivity contribution in [1.82, 2.24) is 10.3 Å². The maximum absolute atomic E-state index is 13.0. The van der Waals surface area contributed by atoms with Crippen molar-refractivity contribution in [1.29, 1.82) is 0 Å². The highest BCUT2D eigenvalue weighted by Gasteiger charge is 2.31. The highest BCUT2D eigenvalue weighted by molar-refractivity contribution is 5.89. The van der Waals surface area contributed by atoms with Gasteiger partial charge in [0.05, 0.1) is 5.56 Å². The Morgan fingerprint density at radius 2 is 1.96 bits per heavy atom. The van der Waals surface area contributed by atoms with Crippen molar-refractivity contribution in [3.05, 3.63) is 63.8 Å². The van der Waals surface area contributed by atoms with Crippen LogP contribution in [0.15, 0.2) is 41.3 Å². The quantitative estimate of drug-likeness (QED) is 0.747. The maximum atomic E-state index is 13.0.